The molecule has 4 rings (SSSR count). The maximum atomic E-state index is 12.6. The molecule has 2 aromatic heterocycles. The molecule has 0 saturated carbocycles. The van der Waals surface area contributed by atoms with Crippen molar-refractivity contribution >= 4 is 22.6 Å². The molecule has 7 nitrogen and oxygen atoms in total. The Bertz CT molecular complexity index is 1330. The number of carbonyl (C=O) groups is 1. The molecule has 2 aromatic carbocycles. The van der Waals surface area contributed by atoms with E-state index >= 15 is 0 Å². The van der Waals surface area contributed by atoms with E-state index < -0.39 is 0 Å². The summed E-state index contributed by atoms with van der Waals surface area (Å²) in [5.41, 5.74) is 6.96. The topological polar surface area (TPSA) is 74.0 Å². The van der Waals surface area contributed by atoms with Crippen molar-refractivity contribution in [3.63, 3.8) is 0 Å². The van der Waals surface area contributed by atoms with Crippen molar-refractivity contribution in [3.05, 3.63) is 70.8 Å². The summed E-state index contributed by atoms with van der Waals surface area (Å²) in [5, 5.41) is 7.47. The van der Waals surface area contributed by atoms with Gasteiger partial charge in [0, 0.05) is 31.4 Å². The molecule has 0 aliphatic rings. The van der Waals surface area contributed by atoms with Gasteiger partial charge in [-0.15, -0.1) is 0 Å². The molecule has 0 radical (unpaired) electrons. The van der Waals surface area contributed by atoms with Gasteiger partial charge in [-0.3, -0.25) is 9.48 Å². The minimum absolute atomic E-state index is 0.0443. The summed E-state index contributed by atoms with van der Waals surface area (Å²) in [6.45, 7) is 11.0. The highest BCUT2D eigenvalue weighted by atomic mass is 16.5. The van der Waals surface area contributed by atoms with Crippen molar-refractivity contribution in [1.82, 2.24) is 19.3 Å². The number of hydrogen-bond donors (Lipinski definition) is 1. The second-order valence-corrected chi connectivity index (χ2v) is 9.22. The number of rotatable bonds is 8. The molecule has 34 heavy (non-hydrogen) atoms. The third-order valence-corrected chi connectivity index (χ3v) is 6.06. The van der Waals surface area contributed by atoms with Crippen LogP contribution in [0.1, 0.15) is 48.1 Å². The van der Waals surface area contributed by atoms with Crippen molar-refractivity contribution in [2.45, 2.75) is 53.5 Å². The summed E-state index contributed by atoms with van der Waals surface area (Å²) >= 11 is 0. The van der Waals surface area contributed by atoms with Crippen LogP contribution in [0.2, 0.25) is 0 Å². The molecule has 0 fully saturated rings. The Morgan fingerprint density at radius 2 is 1.88 bits per heavy atom. The van der Waals surface area contributed by atoms with Crippen LogP contribution in [0.15, 0.2) is 42.5 Å². The van der Waals surface area contributed by atoms with Gasteiger partial charge in [-0.05, 0) is 68.1 Å². The molecule has 0 aliphatic carbocycles. The molecule has 7 heteroatoms. The highest BCUT2D eigenvalue weighted by Gasteiger charge is 2.13. The third-order valence-electron chi connectivity index (χ3n) is 6.06. The van der Waals surface area contributed by atoms with E-state index in [1.807, 2.05) is 49.8 Å². The van der Waals surface area contributed by atoms with Gasteiger partial charge in [0.1, 0.15) is 11.6 Å². The Labute approximate surface area is 200 Å². The molecule has 178 valence electrons. The van der Waals surface area contributed by atoms with Crippen molar-refractivity contribution in [3.8, 4) is 5.75 Å². The van der Waals surface area contributed by atoms with Crippen molar-refractivity contribution in [2.75, 3.05) is 11.9 Å². The molecule has 4 aromatic rings. The average Bonchev–Trinajstić information content (AvgIpc) is 3.27. The van der Waals surface area contributed by atoms with Crippen LogP contribution in [0, 0.1) is 20.8 Å². The predicted octanol–water partition coefficient (Wildman–Crippen LogP) is 5.08. The van der Waals surface area contributed by atoms with Gasteiger partial charge < -0.3 is 14.6 Å². The van der Waals surface area contributed by atoms with Gasteiger partial charge in [0.05, 0.1) is 16.7 Å². The second kappa shape index (κ2) is 9.71. The van der Waals surface area contributed by atoms with Crippen LogP contribution in [-0.2, 0) is 24.8 Å². The lowest BCUT2D eigenvalue weighted by Crippen LogP contribution is -2.20. The lowest BCUT2D eigenvalue weighted by Gasteiger charge is -2.15. The van der Waals surface area contributed by atoms with Crippen molar-refractivity contribution < 1.29 is 9.53 Å². The van der Waals surface area contributed by atoms with Gasteiger partial charge in [-0.2, -0.15) is 5.10 Å². The lowest BCUT2D eigenvalue weighted by molar-refractivity contribution is -0.118. The lowest BCUT2D eigenvalue weighted by atomic mass is 10.0. The second-order valence-electron chi connectivity index (χ2n) is 9.22. The third kappa shape index (κ3) is 5.14. The zero-order valence-corrected chi connectivity index (χ0v) is 20.8. The fraction of sp³-hybridized carbons (Fsp3) is 0.370. The quantitative estimate of drug-likeness (QED) is 0.399. The number of aryl methyl sites for hydroxylation is 6. The first-order chi connectivity index (χ1) is 16.2. The molecule has 0 bridgehead atoms. The standard InChI is InChI=1S/C27H33N5O2/c1-17(2)22-9-7-18(3)13-25(22)34-16-27(33)28-21-8-10-24-23(15-21)29-26(31(24)6)11-12-32-20(5)14-19(4)30-32/h7-10,13-15,17H,11-12,16H2,1-6H3,(H,28,33). The fourth-order valence-electron chi connectivity index (χ4n) is 4.24. The van der Waals surface area contributed by atoms with Gasteiger partial charge in [-0.1, -0.05) is 26.0 Å². The van der Waals surface area contributed by atoms with E-state index in [0.717, 1.165) is 58.1 Å². The van der Waals surface area contributed by atoms with E-state index in [1.54, 1.807) is 0 Å². The average molecular weight is 460 g/mol. The summed E-state index contributed by atoms with van der Waals surface area (Å²) in [6.07, 6.45) is 0.775. The molecular formula is C27H33N5O2. The van der Waals surface area contributed by atoms with Crippen LogP contribution >= 0.6 is 0 Å². The van der Waals surface area contributed by atoms with Gasteiger partial charge in [0.2, 0.25) is 0 Å². The van der Waals surface area contributed by atoms with Crippen LogP contribution < -0.4 is 10.1 Å². The number of nitrogens with zero attached hydrogens (tertiary/aromatic N) is 4. The Morgan fingerprint density at radius 3 is 2.59 bits per heavy atom. The number of ether oxygens (including phenoxy) is 1. The Kier molecular flexibility index (Phi) is 6.72. The smallest absolute Gasteiger partial charge is 0.262 e. The van der Waals surface area contributed by atoms with Crippen molar-refractivity contribution in [2.24, 2.45) is 7.05 Å². The van der Waals surface area contributed by atoms with E-state index in [4.69, 9.17) is 9.72 Å². The van der Waals surface area contributed by atoms with Gasteiger partial charge in [-0.25, -0.2) is 4.98 Å². The SMILES string of the molecule is Cc1ccc(C(C)C)c(OCC(=O)Nc2ccc3c(c2)nc(CCn2nc(C)cc2C)n3C)c1. The highest BCUT2D eigenvalue weighted by molar-refractivity contribution is 5.94. The Hall–Kier alpha value is -3.61. The Balaban J connectivity index is 1.42. The highest BCUT2D eigenvalue weighted by Crippen LogP contribution is 2.27. The zero-order chi connectivity index (χ0) is 24.4. The number of hydrogen-bond acceptors (Lipinski definition) is 4. The van der Waals surface area contributed by atoms with E-state index in [-0.39, 0.29) is 12.5 Å². The minimum Gasteiger partial charge on any atom is -0.483 e. The number of aromatic nitrogens is 4. The molecular weight excluding hydrogens is 426 g/mol. The van der Waals surface area contributed by atoms with Crippen molar-refractivity contribution in [1.29, 1.82) is 0 Å². The van der Waals surface area contributed by atoms with Crippen LogP contribution in [0.25, 0.3) is 11.0 Å². The molecule has 1 amide bonds. The van der Waals surface area contributed by atoms with Crippen LogP contribution in [0.5, 0.6) is 5.75 Å². The molecule has 0 atom stereocenters. The number of imidazole rings is 1. The first-order valence-corrected chi connectivity index (χ1v) is 11.7. The van der Waals surface area contributed by atoms with Gasteiger partial charge in [0.15, 0.2) is 6.61 Å². The molecule has 1 N–H and O–H groups in total. The number of amides is 1. The maximum absolute atomic E-state index is 12.6. The van der Waals surface area contributed by atoms with Crippen LogP contribution in [0.3, 0.4) is 0 Å². The summed E-state index contributed by atoms with van der Waals surface area (Å²) in [5.74, 6) is 1.87. The number of anilines is 1. The fourth-order valence-corrected chi connectivity index (χ4v) is 4.24. The molecule has 0 spiro atoms. The first kappa shape index (κ1) is 23.5. The molecule has 0 unspecified atom stereocenters. The van der Waals surface area contributed by atoms with E-state index in [1.165, 1.54) is 0 Å². The minimum atomic E-state index is -0.198. The van der Waals surface area contributed by atoms with E-state index in [0.29, 0.717) is 11.6 Å². The van der Waals surface area contributed by atoms with Crippen LogP contribution in [0.4, 0.5) is 5.69 Å². The van der Waals surface area contributed by atoms with Gasteiger partial charge in [0.25, 0.3) is 5.91 Å². The summed E-state index contributed by atoms with van der Waals surface area (Å²) in [4.78, 5) is 17.4. The van der Waals surface area contributed by atoms with E-state index in [9.17, 15) is 4.79 Å². The first-order valence-electron chi connectivity index (χ1n) is 11.7. The largest absolute Gasteiger partial charge is 0.483 e. The Morgan fingerprint density at radius 1 is 1.09 bits per heavy atom. The number of fused-ring (bicyclic) bond motifs is 1. The maximum Gasteiger partial charge on any atom is 0.262 e. The number of benzene rings is 2. The molecule has 0 aliphatic heterocycles. The number of nitrogens with one attached hydrogen (secondary N) is 1. The van der Waals surface area contributed by atoms with E-state index in [2.05, 4.69) is 54.0 Å². The summed E-state index contributed by atoms with van der Waals surface area (Å²) < 4.78 is 9.98. The molecule has 2 heterocycles. The zero-order valence-electron chi connectivity index (χ0n) is 20.8. The monoisotopic (exact) mass is 459 g/mol. The van der Waals surface area contributed by atoms with Gasteiger partial charge >= 0.3 is 0 Å². The summed E-state index contributed by atoms with van der Waals surface area (Å²) in [6, 6.07) is 14.0. The normalized spacial score (nSPS) is 11.4. The predicted molar refractivity (Wildman–Crippen MR) is 136 cm³/mol. The number of carbonyl (C=O) groups excluding carboxylic acids is 1. The summed E-state index contributed by atoms with van der Waals surface area (Å²) in [7, 11) is 2.02. The van der Waals surface area contributed by atoms with Crippen LogP contribution in [-0.4, -0.2) is 31.8 Å². The molecule has 0 saturated heterocycles.